The summed E-state index contributed by atoms with van der Waals surface area (Å²) >= 11 is 0. The van der Waals surface area contributed by atoms with E-state index in [1.807, 2.05) is 24.4 Å². The molecule has 0 bridgehead atoms. The van der Waals surface area contributed by atoms with Crippen molar-refractivity contribution in [2.45, 2.75) is 221 Å². The number of carbonyl (C=O) groups excluding carboxylic acids is 1. The minimum absolute atomic E-state index is 0.0122. The van der Waals surface area contributed by atoms with Crippen molar-refractivity contribution in [3.8, 4) is 0 Å². The zero-order valence-electron chi connectivity index (χ0n) is 40.4. The largest absolute Gasteiger partial charge is 0.417 e. The molecular weight excluding hydrogens is 755 g/mol. The third kappa shape index (κ3) is 14.2. The molecule has 328 valence electrons. The Kier molecular flexibility index (Phi) is 18.7. The lowest BCUT2D eigenvalue weighted by Crippen LogP contribution is -2.58. The Morgan fingerprint density at radius 2 is 1.44 bits per heavy atom. The van der Waals surface area contributed by atoms with Gasteiger partial charge in [0, 0.05) is 18.7 Å². The SMILES string of the molecule is CC[C@@H](C(=O)C1([C@H](CCO[Si](C)(C)C(C)(C)C)O[Si](C)(C)C(C)(C)C)CCC1)[C@@H](O)[C@@H](C)CCCC(C)=CC[C@H](O[Si](C)(C)C(C)(C)C)/C(C)=C/c1ccccn1. The van der Waals surface area contributed by atoms with E-state index in [4.69, 9.17) is 13.3 Å². The Hall–Kier alpha value is -1.21. The molecule has 0 aromatic carbocycles. The molecule has 57 heavy (non-hydrogen) atoms. The molecular formula is C48H89NO5Si3. The molecule has 0 amide bonds. The van der Waals surface area contributed by atoms with Gasteiger partial charge in [0.05, 0.1) is 29.4 Å². The topological polar surface area (TPSA) is 77.9 Å². The van der Waals surface area contributed by atoms with Gasteiger partial charge in [-0.1, -0.05) is 100 Å². The molecule has 0 saturated heterocycles. The lowest BCUT2D eigenvalue weighted by molar-refractivity contribution is -0.153. The monoisotopic (exact) mass is 844 g/mol. The van der Waals surface area contributed by atoms with Crippen molar-refractivity contribution in [1.82, 2.24) is 4.98 Å². The lowest BCUT2D eigenvalue weighted by Gasteiger charge is -2.52. The van der Waals surface area contributed by atoms with E-state index in [0.29, 0.717) is 13.0 Å². The lowest BCUT2D eigenvalue weighted by atomic mass is 9.58. The maximum absolute atomic E-state index is 14.9. The van der Waals surface area contributed by atoms with E-state index in [1.54, 1.807) is 0 Å². The number of nitrogens with zero attached hydrogens (tertiary/aromatic N) is 1. The van der Waals surface area contributed by atoms with Gasteiger partial charge in [0.25, 0.3) is 0 Å². The molecule has 6 nitrogen and oxygen atoms in total. The minimum Gasteiger partial charge on any atom is -0.417 e. The van der Waals surface area contributed by atoms with Gasteiger partial charge in [-0.2, -0.15) is 0 Å². The van der Waals surface area contributed by atoms with Gasteiger partial charge in [-0.15, -0.1) is 0 Å². The summed E-state index contributed by atoms with van der Waals surface area (Å²) in [5, 5.41) is 12.2. The third-order valence-electron chi connectivity index (χ3n) is 14.7. The molecule has 0 spiro atoms. The van der Waals surface area contributed by atoms with Crippen molar-refractivity contribution in [3.63, 3.8) is 0 Å². The van der Waals surface area contributed by atoms with Crippen molar-refractivity contribution >= 4 is 36.8 Å². The van der Waals surface area contributed by atoms with Crippen LogP contribution in [0.15, 0.2) is 41.6 Å². The smallest absolute Gasteiger partial charge is 0.192 e. The first kappa shape index (κ1) is 51.9. The van der Waals surface area contributed by atoms with E-state index in [0.717, 1.165) is 57.1 Å². The van der Waals surface area contributed by atoms with E-state index in [-0.39, 0.29) is 39.0 Å². The standard InChI is InChI=1S/C48H89NO5Si3/c1-20-40(44(51)48(31-24-32-48)42(54-57(18,19)47(11,12)13)30-34-52-55(14,15)45(5,6)7)43(50)37(3)26-23-25-36(2)28-29-41(53-56(16,17)46(8,9)10)38(4)35-39-27-21-22-33-49-39/h21-22,27-28,33,35,37,40-43,50H,20,23-26,29-32,34H2,1-19H3/b36-28?,38-35+/t37-,40+,41-,42-,43-/m0/s1. The number of aliphatic hydroxyl groups excluding tert-OH is 1. The normalized spacial score (nSPS) is 19.1. The number of pyridine rings is 1. The quantitative estimate of drug-likeness (QED) is 0.0925. The molecule has 1 saturated carbocycles. The van der Waals surface area contributed by atoms with Gasteiger partial charge in [-0.05, 0) is 149 Å². The van der Waals surface area contributed by atoms with Crippen LogP contribution in [-0.2, 0) is 18.1 Å². The summed E-state index contributed by atoms with van der Waals surface area (Å²) in [5.41, 5.74) is 2.93. The van der Waals surface area contributed by atoms with E-state index in [9.17, 15) is 9.90 Å². The molecule has 1 aliphatic rings. The fourth-order valence-electron chi connectivity index (χ4n) is 7.18. The summed E-state index contributed by atoms with van der Waals surface area (Å²) in [4.78, 5) is 19.4. The zero-order chi connectivity index (χ0) is 43.8. The average molecular weight is 844 g/mol. The minimum atomic E-state index is -2.20. The molecule has 1 aromatic heterocycles. The Bertz CT molecular complexity index is 1460. The van der Waals surface area contributed by atoms with Gasteiger partial charge < -0.3 is 18.4 Å². The van der Waals surface area contributed by atoms with Gasteiger partial charge in [-0.3, -0.25) is 9.78 Å². The van der Waals surface area contributed by atoms with Gasteiger partial charge in [-0.25, -0.2) is 0 Å². The second-order valence-corrected chi connectivity index (χ2v) is 36.6. The van der Waals surface area contributed by atoms with Gasteiger partial charge >= 0.3 is 0 Å². The maximum atomic E-state index is 14.9. The predicted molar refractivity (Wildman–Crippen MR) is 252 cm³/mol. The molecule has 1 fully saturated rings. The van der Waals surface area contributed by atoms with E-state index >= 15 is 0 Å². The number of aliphatic hydroxyl groups is 1. The zero-order valence-corrected chi connectivity index (χ0v) is 43.4. The molecule has 1 heterocycles. The molecule has 1 aromatic rings. The number of allylic oxidation sites excluding steroid dienone is 1. The van der Waals surface area contributed by atoms with Gasteiger partial charge in [0.15, 0.2) is 25.0 Å². The summed E-state index contributed by atoms with van der Waals surface area (Å²) in [5.74, 6) is -0.154. The number of hydrogen-bond acceptors (Lipinski definition) is 6. The van der Waals surface area contributed by atoms with Crippen molar-refractivity contribution in [3.05, 3.63) is 47.3 Å². The summed E-state index contributed by atoms with van der Waals surface area (Å²) < 4.78 is 20.9. The fourth-order valence-corrected chi connectivity index (χ4v) is 11.0. The van der Waals surface area contributed by atoms with Gasteiger partial charge in [0.2, 0.25) is 0 Å². The third-order valence-corrected chi connectivity index (χ3v) is 28.3. The first-order valence-electron chi connectivity index (χ1n) is 22.4. The number of ketones is 1. The van der Waals surface area contributed by atoms with Crippen LogP contribution < -0.4 is 0 Å². The van der Waals surface area contributed by atoms with Crippen LogP contribution in [0.1, 0.15) is 153 Å². The second kappa shape index (κ2) is 20.6. The summed E-state index contributed by atoms with van der Waals surface area (Å²) in [6.07, 6.45) is 13.1. The Morgan fingerprint density at radius 3 is 1.91 bits per heavy atom. The van der Waals surface area contributed by atoms with Crippen molar-refractivity contribution in [2.24, 2.45) is 17.3 Å². The predicted octanol–water partition coefficient (Wildman–Crippen LogP) is 13.9. The summed E-state index contributed by atoms with van der Waals surface area (Å²) in [7, 11) is -6.17. The number of carbonyl (C=O) groups is 1. The van der Waals surface area contributed by atoms with Crippen LogP contribution in [0.2, 0.25) is 54.4 Å². The highest BCUT2D eigenvalue weighted by molar-refractivity contribution is 6.75. The highest BCUT2D eigenvalue weighted by Gasteiger charge is 2.55. The van der Waals surface area contributed by atoms with Crippen molar-refractivity contribution in [1.29, 1.82) is 0 Å². The molecule has 0 radical (unpaired) electrons. The first-order chi connectivity index (χ1) is 25.9. The van der Waals surface area contributed by atoms with Crippen LogP contribution >= 0.6 is 0 Å². The molecule has 9 heteroatoms. The van der Waals surface area contributed by atoms with Crippen LogP contribution in [0.4, 0.5) is 0 Å². The number of Topliss-reactive ketones (excluding diaryl/α,β-unsaturated/α-hetero) is 1. The molecule has 1 aliphatic carbocycles. The Labute approximate surface area is 355 Å². The van der Waals surface area contributed by atoms with Crippen LogP contribution in [0, 0.1) is 17.3 Å². The van der Waals surface area contributed by atoms with Crippen LogP contribution in [0.25, 0.3) is 6.08 Å². The Morgan fingerprint density at radius 1 is 0.877 bits per heavy atom. The Balaban J connectivity index is 2.21. The van der Waals surface area contributed by atoms with Crippen molar-refractivity contribution < 1.29 is 23.2 Å². The van der Waals surface area contributed by atoms with Crippen LogP contribution in [-0.4, -0.2) is 65.7 Å². The second-order valence-electron chi connectivity index (χ2n) is 22.3. The molecule has 2 rings (SSSR count). The highest BCUT2D eigenvalue weighted by Crippen LogP contribution is 2.52. The number of rotatable bonds is 22. The molecule has 1 N–H and O–H groups in total. The summed E-state index contributed by atoms with van der Waals surface area (Å²) in [6.45, 7) is 43.6. The molecule has 0 aliphatic heterocycles. The number of hydrogen-bond donors (Lipinski definition) is 1. The van der Waals surface area contributed by atoms with Crippen LogP contribution in [0.3, 0.4) is 0 Å². The maximum Gasteiger partial charge on any atom is 0.192 e. The summed E-state index contributed by atoms with van der Waals surface area (Å²) in [6, 6.07) is 6.01. The highest BCUT2D eigenvalue weighted by atomic mass is 28.4. The fraction of sp³-hybridized carbons (Fsp3) is 0.792. The average Bonchev–Trinajstić information content (AvgIpc) is 3.04. The molecule has 0 unspecified atom stereocenters. The van der Waals surface area contributed by atoms with Crippen LogP contribution in [0.5, 0.6) is 0 Å². The van der Waals surface area contributed by atoms with E-state index in [2.05, 4.69) is 146 Å². The van der Waals surface area contributed by atoms with E-state index < -0.39 is 42.4 Å². The molecule has 5 atom stereocenters. The van der Waals surface area contributed by atoms with Gasteiger partial charge in [0.1, 0.15) is 5.78 Å². The van der Waals surface area contributed by atoms with Crippen molar-refractivity contribution in [2.75, 3.05) is 6.61 Å². The van der Waals surface area contributed by atoms with E-state index in [1.165, 1.54) is 11.1 Å². The number of aromatic nitrogens is 1. The first-order valence-corrected chi connectivity index (χ1v) is 31.1.